The summed E-state index contributed by atoms with van der Waals surface area (Å²) in [6.07, 6.45) is 1.60. The third-order valence-electron chi connectivity index (χ3n) is 5.48. The Morgan fingerprint density at radius 2 is 1.86 bits per heavy atom. The van der Waals surface area contributed by atoms with Crippen molar-refractivity contribution in [2.75, 3.05) is 44.2 Å². The van der Waals surface area contributed by atoms with Crippen molar-refractivity contribution in [2.45, 2.75) is 29.1 Å². The Hall–Kier alpha value is -1.40. The Labute approximate surface area is 176 Å². The molecule has 0 bridgehead atoms. The number of fused-ring (bicyclic) bond motifs is 1. The highest BCUT2D eigenvalue weighted by Gasteiger charge is 2.27. The summed E-state index contributed by atoms with van der Waals surface area (Å²) in [6.45, 7) is 5.76. The van der Waals surface area contributed by atoms with Crippen LogP contribution in [0.15, 0.2) is 53.4 Å². The normalized spacial score (nSPS) is 23.0. The highest BCUT2D eigenvalue weighted by molar-refractivity contribution is 8.00. The minimum atomic E-state index is -0.453. The van der Waals surface area contributed by atoms with Gasteiger partial charge < -0.3 is 14.7 Å². The van der Waals surface area contributed by atoms with Crippen LogP contribution in [0.4, 0.5) is 5.69 Å². The van der Waals surface area contributed by atoms with Crippen molar-refractivity contribution in [3.63, 3.8) is 0 Å². The average molecular weight is 419 g/mol. The van der Waals surface area contributed by atoms with Gasteiger partial charge in [-0.05, 0) is 49.7 Å². The number of piperazine rings is 1. The van der Waals surface area contributed by atoms with Gasteiger partial charge in [0.2, 0.25) is 0 Å². The second-order valence-electron chi connectivity index (χ2n) is 7.43. The van der Waals surface area contributed by atoms with E-state index in [2.05, 4.69) is 40.1 Å². The number of rotatable bonds is 5. The quantitative estimate of drug-likeness (QED) is 0.789. The fourth-order valence-corrected chi connectivity index (χ4v) is 5.37. The molecule has 2 aromatic rings. The second-order valence-corrected chi connectivity index (χ2v) is 9.15. The molecule has 0 aliphatic carbocycles. The zero-order valence-corrected chi connectivity index (χ0v) is 17.5. The monoisotopic (exact) mass is 418 g/mol. The van der Waals surface area contributed by atoms with Crippen LogP contribution >= 0.6 is 23.4 Å². The van der Waals surface area contributed by atoms with Gasteiger partial charge in [0, 0.05) is 42.1 Å². The minimum absolute atomic E-state index is 0.144. The molecule has 2 heterocycles. The molecular formula is C22H27ClN2O2S. The number of para-hydroxylation sites is 1. The maximum absolute atomic E-state index is 10.5. The third-order valence-corrected chi connectivity index (χ3v) is 7.14. The molecule has 0 amide bonds. The molecule has 0 aromatic heterocycles. The standard InChI is InChI=1S/C22H27ClN2O2S/c23-17-8-9-20-22(15-17)28-21(19(26)16-27-20)7-4-10-24-11-13-25(14-12-24)18-5-2-1-3-6-18/h1-3,5-6,8-9,15,19,21,26H,4,7,10-14,16H2/t19-,21+/m1/s1. The first-order chi connectivity index (χ1) is 13.7. The molecule has 0 spiro atoms. The van der Waals surface area contributed by atoms with Crippen LogP contribution in [-0.4, -0.2) is 60.7 Å². The average Bonchev–Trinajstić information content (AvgIpc) is 2.88. The van der Waals surface area contributed by atoms with E-state index in [4.69, 9.17) is 16.3 Å². The lowest BCUT2D eigenvalue weighted by Crippen LogP contribution is -2.46. The van der Waals surface area contributed by atoms with Crippen molar-refractivity contribution in [3.05, 3.63) is 53.6 Å². The Morgan fingerprint density at radius 1 is 1.07 bits per heavy atom. The Morgan fingerprint density at radius 3 is 2.64 bits per heavy atom. The predicted molar refractivity (Wildman–Crippen MR) is 117 cm³/mol. The van der Waals surface area contributed by atoms with E-state index in [1.165, 1.54) is 5.69 Å². The molecule has 2 aliphatic heterocycles. The first kappa shape index (κ1) is 19.9. The molecule has 2 aromatic carbocycles. The van der Waals surface area contributed by atoms with Crippen molar-refractivity contribution < 1.29 is 9.84 Å². The smallest absolute Gasteiger partial charge is 0.133 e. The number of aliphatic hydroxyl groups is 1. The number of nitrogens with zero attached hydrogens (tertiary/aromatic N) is 2. The van der Waals surface area contributed by atoms with Crippen LogP contribution in [0.5, 0.6) is 5.75 Å². The number of benzene rings is 2. The van der Waals surface area contributed by atoms with Crippen molar-refractivity contribution >= 4 is 29.1 Å². The molecular weight excluding hydrogens is 392 g/mol. The highest BCUT2D eigenvalue weighted by atomic mass is 35.5. The summed E-state index contributed by atoms with van der Waals surface area (Å²) < 4.78 is 5.75. The molecule has 4 nitrogen and oxygen atoms in total. The van der Waals surface area contributed by atoms with Crippen LogP contribution in [0.3, 0.4) is 0 Å². The Kier molecular flexibility index (Phi) is 6.68. The summed E-state index contributed by atoms with van der Waals surface area (Å²) in [7, 11) is 0. The summed E-state index contributed by atoms with van der Waals surface area (Å²) in [4.78, 5) is 6.03. The molecule has 0 radical (unpaired) electrons. The molecule has 0 unspecified atom stereocenters. The maximum Gasteiger partial charge on any atom is 0.133 e. The van der Waals surface area contributed by atoms with Crippen molar-refractivity contribution in [1.29, 1.82) is 0 Å². The van der Waals surface area contributed by atoms with Gasteiger partial charge in [0.25, 0.3) is 0 Å². The van der Waals surface area contributed by atoms with Crippen LogP contribution < -0.4 is 9.64 Å². The largest absolute Gasteiger partial charge is 0.490 e. The number of aliphatic hydroxyl groups excluding tert-OH is 1. The molecule has 2 atom stereocenters. The maximum atomic E-state index is 10.5. The fourth-order valence-electron chi connectivity index (χ4n) is 3.85. The van der Waals surface area contributed by atoms with E-state index in [-0.39, 0.29) is 5.25 Å². The van der Waals surface area contributed by atoms with Crippen LogP contribution in [-0.2, 0) is 0 Å². The van der Waals surface area contributed by atoms with Gasteiger partial charge in [-0.25, -0.2) is 0 Å². The summed E-state index contributed by atoms with van der Waals surface area (Å²) in [5.74, 6) is 0.827. The molecule has 2 aliphatic rings. The highest BCUT2D eigenvalue weighted by Crippen LogP contribution is 2.39. The zero-order chi connectivity index (χ0) is 19.3. The number of hydrogen-bond acceptors (Lipinski definition) is 5. The molecule has 1 saturated heterocycles. The zero-order valence-electron chi connectivity index (χ0n) is 16.0. The Balaban J connectivity index is 1.25. The first-order valence-corrected chi connectivity index (χ1v) is 11.2. The number of ether oxygens (including phenoxy) is 1. The van der Waals surface area contributed by atoms with E-state index < -0.39 is 6.10 Å². The van der Waals surface area contributed by atoms with Gasteiger partial charge in [-0.2, -0.15) is 0 Å². The summed E-state index contributed by atoms with van der Waals surface area (Å²) in [5.41, 5.74) is 1.32. The molecule has 1 N–H and O–H groups in total. The molecule has 0 saturated carbocycles. The van der Waals surface area contributed by atoms with Gasteiger partial charge in [0.05, 0.1) is 4.90 Å². The topological polar surface area (TPSA) is 35.9 Å². The number of hydrogen-bond donors (Lipinski definition) is 1. The number of halogens is 1. The van der Waals surface area contributed by atoms with Gasteiger partial charge in [-0.3, -0.25) is 4.90 Å². The van der Waals surface area contributed by atoms with E-state index in [0.29, 0.717) is 11.6 Å². The second kappa shape index (κ2) is 9.40. The lowest BCUT2D eigenvalue weighted by Gasteiger charge is -2.36. The van der Waals surface area contributed by atoms with Crippen molar-refractivity contribution in [1.82, 2.24) is 4.90 Å². The van der Waals surface area contributed by atoms with E-state index in [9.17, 15) is 5.11 Å². The first-order valence-electron chi connectivity index (χ1n) is 9.98. The van der Waals surface area contributed by atoms with E-state index in [0.717, 1.165) is 56.2 Å². The van der Waals surface area contributed by atoms with E-state index in [1.54, 1.807) is 11.8 Å². The molecule has 28 heavy (non-hydrogen) atoms. The van der Waals surface area contributed by atoms with Crippen LogP contribution in [0.1, 0.15) is 12.8 Å². The summed E-state index contributed by atoms with van der Waals surface area (Å²) in [5, 5.41) is 11.3. The lowest BCUT2D eigenvalue weighted by molar-refractivity contribution is 0.103. The van der Waals surface area contributed by atoms with Crippen LogP contribution in [0.25, 0.3) is 0 Å². The summed E-state index contributed by atoms with van der Waals surface area (Å²) in [6, 6.07) is 16.3. The van der Waals surface area contributed by atoms with E-state index >= 15 is 0 Å². The number of thioether (sulfide) groups is 1. The predicted octanol–water partition coefficient (Wildman–Crippen LogP) is 4.16. The third kappa shape index (κ3) is 4.95. The molecule has 4 rings (SSSR count). The SMILES string of the molecule is O[C@@H]1COc2ccc(Cl)cc2S[C@H]1CCCN1CCN(c2ccccc2)CC1. The molecule has 1 fully saturated rings. The van der Waals surface area contributed by atoms with Gasteiger partial charge in [-0.1, -0.05) is 29.8 Å². The lowest BCUT2D eigenvalue weighted by atomic mass is 10.1. The van der Waals surface area contributed by atoms with E-state index in [1.807, 2.05) is 18.2 Å². The minimum Gasteiger partial charge on any atom is -0.490 e. The van der Waals surface area contributed by atoms with Gasteiger partial charge in [0.15, 0.2) is 0 Å². The van der Waals surface area contributed by atoms with Crippen LogP contribution in [0.2, 0.25) is 5.02 Å². The molecule has 150 valence electrons. The summed E-state index contributed by atoms with van der Waals surface area (Å²) >= 11 is 7.83. The molecule has 6 heteroatoms. The van der Waals surface area contributed by atoms with Crippen molar-refractivity contribution in [3.8, 4) is 5.75 Å². The van der Waals surface area contributed by atoms with Gasteiger partial charge in [-0.15, -0.1) is 11.8 Å². The van der Waals surface area contributed by atoms with Crippen molar-refractivity contribution in [2.24, 2.45) is 0 Å². The fraction of sp³-hybridized carbons (Fsp3) is 0.455. The van der Waals surface area contributed by atoms with Gasteiger partial charge in [0.1, 0.15) is 18.5 Å². The number of anilines is 1. The van der Waals surface area contributed by atoms with Gasteiger partial charge >= 0.3 is 0 Å². The van der Waals surface area contributed by atoms with Crippen LogP contribution in [0, 0.1) is 0 Å². The Bertz CT molecular complexity index is 768.